The lowest BCUT2D eigenvalue weighted by atomic mass is 10.2. The smallest absolute Gasteiger partial charge is 0.139 e. The first kappa shape index (κ1) is 14.0. The lowest BCUT2D eigenvalue weighted by Crippen LogP contribution is -2.22. The van der Waals surface area contributed by atoms with Gasteiger partial charge in [-0.3, -0.25) is 4.98 Å². The highest BCUT2D eigenvalue weighted by molar-refractivity contribution is 6.76. The molecule has 2 aromatic heterocycles. The molecule has 102 valence electrons. The molecule has 0 aliphatic rings. The van der Waals surface area contributed by atoms with Crippen LogP contribution in [0.3, 0.4) is 0 Å². The van der Waals surface area contributed by atoms with Crippen LogP contribution in [0.1, 0.15) is 0 Å². The van der Waals surface area contributed by atoms with Crippen molar-refractivity contribution in [1.29, 1.82) is 0 Å². The van der Waals surface area contributed by atoms with E-state index >= 15 is 0 Å². The second-order valence-corrected chi connectivity index (χ2v) is 11.4. The van der Waals surface area contributed by atoms with Crippen molar-refractivity contribution in [3.8, 4) is 11.3 Å². The number of pyridine rings is 1. The van der Waals surface area contributed by atoms with E-state index in [0.717, 1.165) is 17.9 Å². The molecule has 0 saturated heterocycles. The van der Waals surface area contributed by atoms with Gasteiger partial charge in [0.2, 0.25) is 0 Å². The van der Waals surface area contributed by atoms with Gasteiger partial charge in [0.25, 0.3) is 0 Å². The lowest BCUT2D eigenvalue weighted by molar-refractivity contribution is 0.0798. The monoisotopic (exact) mass is 275 g/mol. The van der Waals surface area contributed by atoms with Gasteiger partial charge in [-0.15, -0.1) is 0 Å². The molecule has 0 spiro atoms. The van der Waals surface area contributed by atoms with E-state index in [1.165, 1.54) is 6.04 Å². The fourth-order valence-electron chi connectivity index (χ4n) is 1.72. The molecular formula is C14H21N3OSi. The van der Waals surface area contributed by atoms with Crippen LogP contribution >= 0.6 is 0 Å². The summed E-state index contributed by atoms with van der Waals surface area (Å²) in [4.78, 5) is 4.13. The Bertz CT molecular complexity index is 505. The maximum Gasteiger partial charge on any atom is 0.139 e. The molecule has 0 bridgehead atoms. The van der Waals surface area contributed by atoms with Crippen LogP contribution in [0.15, 0.2) is 36.8 Å². The molecule has 0 aliphatic carbocycles. The second kappa shape index (κ2) is 6.12. The summed E-state index contributed by atoms with van der Waals surface area (Å²) >= 11 is 0. The van der Waals surface area contributed by atoms with Gasteiger partial charge in [0.05, 0.1) is 5.69 Å². The van der Waals surface area contributed by atoms with Crippen molar-refractivity contribution in [2.24, 2.45) is 0 Å². The highest BCUT2D eigenvalue weighted by atomic mass is 28.3. The number of hydrogen-bond acceptors (Lipinski definition) is 3. The Morgan fingerprint density at radius 3 is 2.74 bits per heavy atom. The van der Waals surface area contributed by atoms with Gasteiger partial charge in [-0.25, -0.2) is 4.68 Å². The van der Waals surface area contributed by atoms with E-state index in [2.05, 4.69) is 29.7 Å². The van der Waals surface area contributed by atoms with Crippen LogP contribution in [0.4, 0.5) is 0 Å². The average molecular weight is 275 g/mol. The Labute approximate surface area is 115 Å². The highest BCUT2D eigenvalue weighted by Crippen LogP contribution is 2.17. The molecule has 0 saturated carbocycles. The van der Waals surface area contributed by atoms with E-state index in [-0.39, 0.29) is 0 Å². The summed E-state index contributed by atoms with van der Waals surface area (Å²) in [6.45, 7) is 8.37. The Morgan fingerprint density at radius 1 is 1.21 bits per heavy atom. The number of hydrogen-bond donors (Lipinski definition) is 0. The summed E-state index contributed by atoms with van der Waals surface area (Å²) in [7, 11) is -1.02. The molecule has 0 fully saturated rings. The summed E-state index contributed by atoms with van der Waals surface area (Å²) in [6, 6.07) is 7.12. The Kier molecular flexibility index (Phi) is 4.50. The fraction of sp³-hybridized carbons (Fsp3) is 0.429. The van der Waals surface area contributed by atoms with E-state index in [4.69, 9.17) is 4.74 Å². The molecule has 2 rings (SSSR count). The maximum atomic E-state index is 5.73. The van der Waals surface area contributed by atoms with Crippen molar-refractivity contribution in [3.63, 3.8) is 0 Å². The largest absolute Gasteiger partial charge is 0.360 e. The minimum atomic E-state index is -1.02. The van der Waals surface area contributed by atoms with Gasteiger partial charge in [-0.2, -0.15) is 5.10 Å². The zero-order valence-electron chi connectivity index (χ0n) is 11.8. The Balaban J connectivity index is 1.94. The van der Waals surface area contributed by atoms with Gasteiger partial charge in [0.15, 0.2) is 0 Å². The van der Waals surface area contributed by atoms with E-state index in [0.29, 0.717) is 6.73 Å². The van der Waals surface area contributed by atoms with Crippen molar-refractivity contribution in [1.82, 2.24) is 14.8 Å². The van der Waals surface area contributed by atoms with Gasteiger partial charge in [-0.1, -0.05) is 19.6 Å². The summed E-state index contributed by atoms with van der Waals surface area (Å²) in [5.41, 5.74) is 2.11. The predicted octanol–water partition coefficient (Wildman–Crippen LogP) is 3.26. The number of nitrogens with zero attached hydrogens (tertiary/aromatic N) is 3. The van der Waals surface area contributed by atoms with Gasteiger partial charge < -0.3 is 4.74 Å². The van der Waals surface area contributed by atoms with E-state index in [9.17, 15) is 0 Å². The standard InChI is InChI=1S/C14H21N3OSi/c1-19(2,3)10-9-18-12-17-14(6-8-16-17)13-5-4-7-15-11-13/h4-8,11H,9-10,12H2,1-3H3. The minimum Gasteiger partial charge on any atom is -0.360 e. The first-order valence-corrected chi connectivity index (χ1v) is 10.3. The van der Waals surface area contributed by atoms with Crippen LogP contribution in [0.25, 0.3) is 11.3 Å². The maximum absolute atomic E-state index is 5.73. The topological polar surface area (TPSA) is 39.9 Å². The van der Waals surface area contributed by atoms with Crippen molar-refractivity contribution < 1.29 is 4.74 Å². The fourth-order valence-corrected chi connectivity index (χ4v) is 2.48. The van der Waals surface area contributed by atoms with Crippen molar-refractivity contribution in [3.05, 3.63) is 36.8 Å². The van der Waals surface area contributed by atoms with Gasteiger partial charge in [0.1, 0.15) is 6.73 Å². The van der Waals surface area contributed by atoms with Gasteiger partial charge >= 0.3 is 0 Å². The van der Waals surface area contributed by atoms with Crippen LogP contribution in [-0.4, -0.2) is 29.4 Å². The summed E-state index contributed by atoms with van der Waals surface area (Å²) in [5, 5.41) is 4.30. The Hall–Kier alpha value is -1.46. The van der Waals surface area contributed by atoms with E-state index in [1.807, 2.05) is 29.1 Å². The molecule has 4 nitrogen and oxygen atoms in total. The number of rotatable bonds is 6. The molecule has 0 aliphatic heterocycles. The average Bonchev–Trinajstić information content (AvgIpc) is 2.83. The van der Waals surface area contributed by atoms with Crippen LogP contribution in [-0.2, 0) is 11.5 Å². The number of aromatic nitrogens is 3. The SMILES string of the molecule is C[Si](C)(C)CCOCn1nccc1-c1cccnc1. The molecule has 0 amide bonds. The summed E-state index contributed by atoms with van der Waals surface area (Å²) in [5.74, 6) is 0. The minimum absolute atomic E-state index is 0.502. The Morgan fingerprint density at radius 2 is 2.05 bits per heavy atom. The third-order valence-electron chi connectivity index (χ3n) is 2.88. The summed E-state index contributed by atoms with van der Waals surface area (Å²) in [6.07, 6.45) is 5.41. The molecule has 19 heavy (non-hydrogen) atoms. The number of ether oxygens (including phenoxy) is 1. The molecule has 0 aromatic carbocycles. The van der Waals surface area contributed by atoms with Crippen molar-refractivity contribution in [2.75, 3.05) is 6.61 Å². The van der Waals surface area contributed by atoms with Gasteiger partial charge in [0, 0.05) is 38.8 Å². The lowest BCUT2D eigenvalue weighted by Gasteiger charge is -2.15. The van der Waals surface area contributed by atoms with E-state index < -0.39 is 8.07 Å². The normalized spacial score (nSPS) is 11.7. The zero-order valence-corrected chi connectivity index (χ0v) is 12.8. The van der Waals surface area contributed by atoms with Crippen LogP contribution in [0.2, 0.25) is 25.7 Å². The molecule has 0 radical (unpaired) electrons. The molecular weight excluding hydrogens is 254 g/mol. The zero-order chi connectivity index (χ0) is 13.7. The molecule has 2 aromatic rings. The molecule has 0 unspecified atom stereocenters. The van der Waals surface area contributed by atoms with Crippen molar-refractivity contribution >= 4 is 8.07 Å². The third-order valence-corrected chi connectivity index (χ3v) is 4.59. The van der Waals surface area contributed by atoms with Crippen LogP contribution < -0.4 is 0 Å². The molecule has 5 heteroatoms. The molecule has 0 N–H and O–H groups in total. The highest BCUT2D eigenvalue weighted by Gasteiger charge is 2.12. The van der Waals surface area contributed by atoms with Crippen LogP contribution in [0.5, 0.6) is 0 Å². The predicted molar refractivity (Wildman–Crippen MR) is 79.6 cm³/mol. The van der Waals surface area contributed by atoms with Crippen LogP contribution in [0, 0.1) is 0 Å². The molecule has 2 heterocycles. The second-order valence-electron chi connectivity index (χ2n) is 5.81. The first-order valence-electron chi connectivity index (χ1n) is 6.56. The quantitative estimate of drug-likeness (QED) is 0.600. The first-order chi connectivity index (χ1) is 9.06. The van der Waals surface area contributed by atoms with E-state index in [1.54, 1.807) is 12.4 Å². The van der Waals surface area contributed by atoms with Gasteiger partial charge in [-0.05, 0) is 24.2 Å². The summed E-state index contributed by atoms with van der Waals surface area (Å²) < 4.78 is 7.61. The molecule has 0 atom stereocenters. The third kappa shape index (κ3) is 4.29. The van der Waals surface area contributed by atoms with Crippen molar-refractivity contribution in [2.45, 2.75) is 32.4 Å².